The minimum Gasteiger partial charge on any atom is -0.395 e. The molecule has 0 heterocycles. The number of benzene rings is 2. The van der Waals surface area contributed by atoms with Crippen molar-refractivity contribution in [3.8, 4) is 0 Å². The lowest BCUT2D eigenvalue weighted by atomic mass is 10.1. The molecular weight excluding hydrogens is 269 g/mol. The normalized spacial score (nSPS) is 10.4. The Morgan fingerprint density at radius 3 is 2.29 bits per heavy atom. The predicted molar refractivity (Wildman–Crippen MR) is 79.5 cm³/mol. The van der Waals surface area contributed by atoms with Crippen molar-refractivity contribution >= 4 is 5.91 Å². The first-order valence-corrected chi connectivity index (χ1v) is 6.90. The minimum absolute atomic E-state index is 0.0955. The summed E-state index contributed by atoms with van der Waals surface area (Å²) < 4.78 is 12.9. The van der Waals surface area contributed by atoms with E-state index in [0.29, 0.717) is 18.5 Å². The van der Waals surface area contributed by atoms with E-state index >= 15 is 0 Å². The number of aliphatic hydroxyl groups excluding tert-OH is 1. The summed E-state index contributed by atoms with van der Waals surface area (Å²) in [4.78, 5) is 13.9. The lowest BCUT2D eigenvalue weighted by Crippen LogP contribution is -2.35. The zero-order valence-electron chi connectivity index (χ0n) is 11.7. The van der Waals surface area contributed by atoms with Gasteiger partial charge >= 0.3 is 0 Å². The van der Waals surface area contributed by atoms with E-state index in [1.807, 2.05) is 30.3 Å². The Morgan fingerprint density at radius 1 is 1.00 bits per heavy atom. The van der Waals surface area contributed by atoms with Crippen molar-refractivity contribution in [2.75, 3.05) is 19.7 Å². The maximum absolute atomic E-state index is 12.9. The Hall–Kier alpha value is -2.20. The van der Waals surface area contributed by atoms with Crippen LogP contribution in [-0.4, -0.2) is 35.6 Å². The predicted octanol–water partition coefficient (Wildman–Crippen LogP) is 2.50. The SMILES string of the molecule is O=C(c1ccc(F)cc1)N(CCO)CCc1ccccc1. The molecule has 0 atom stereocenters. The highest BCUT2D eigenvalue weighted by molar-refractivity contribution is 5.94. The molecule has 3 nitrogen and oxygen atoms in total. The molecule has 0 bridgehead atoms. The summed E-state index contributed by atoms with van der Waals surface area (Å²) in [5, 5.41) is 9.12. The van der Waals surface area contributed by atoms with Crippen molar-refractivity contribution in [1.29, 1.82) is 0 Å². The van der Waals surface area contributed by atoms with Crippen LogP contribution in [0.3, 0.4) is 0 Å². The Labute approximate surface area is 123 Å². The van der Waals surface area contributed by atoms with Gasteiger partial charge in [-0.2, -0.15) is 0 Å². The zero-order chi connectivity index (χ0) is 15.1. The zero-order valence-corrected chi connectivity index (χ0v) is 11.7. The lowest BCUT2D eigenvalue weighted by Gasteiger charge is -2.22. The molecule has 0 saturated heterocycles. The summed E-state index contributed by atoms with van der Waals surface area (Å²) in [7, 11) is 0. The van der Waals surface area contributed by atoms with Gasteiger partial charge in [0.2, 0.25) is 0 Å². The third kappa shape index (κ3) is 4.39. The second-order valence-corrected chi connectivity index (χ2v) is 4.76. The second-order valence-electron chi connectivity index (χ2n) is 4.76. The second kappa shape index (κ2) is 7.55. The number of hydrogen-bond donors (Lipinski definition) is 1. The molecule has 0 aliphatic heterocycles. The Bertz CT molecular complexity index is 569. The minimum atomic E-state index is -0.371. The number of rotatable bonds is 6. The number of halogens is 1. The number of amides is 1. The van der Waals surface area contributed by atoms with Gasteiger partial charge in [0, 0.05) is 18.7 Å². The fraction of sp³-hybridized carbons (Fsp3) is 0.235. The molecule has 0 radical (unpaired) electrons. The van der Waals surface area contributed by atoms with E-state index in [1.165, 1.54) is 24.3 Å². The van der Waals surface area contributed by atoms with Gasteiger partial charge in [-0.05, 0) is 36.2 Å². The third-order valence-electron chi connectivity index (χ3n) is 3.26. The molecule has 0 aromatic heterocycles. The molecule has 1 N–H and O–H groups in total. The Balaban J connectivity index is 2.03. The summed E-state index contributed by atoms with van der Waals surface area (Å²) in [6.45, 7) is 0.686. The highest BCUT2D eigenvalue weighted by Crippen LogP contribution is 2.08. The van der Waals surface area contributed by atoms with Gasteiger partial charge < -0.3 is 10.0 Å². The molecule has 2 aromatic carbocycles. The van der Waals surface area contributed by atoms with Gasteiger partial charge in [0.25, 0.3) is 5.91 Å². The molecule has 2 aromatic rings. The maximum Gasteiger partial charge on any atom is 0.253 e. The van der Waals surface area contributed by atoms with E-state index in [2.05, 4.69) is 0 Å². The average Bonchev–Trinajstić information content (AvgIpc) is 2.52. The van der Waals surface area contributed by atoms with Crippen LogP contribution in [0.15, 0.2) is 54.6 Å². The van der Waals surface area contributed by atoms with Crippen molar-refractivity contribution < 1.29 is 14.3 Å². The molecule has 0 spiro atoms. The molecule has 4 heteroatoms. The van der Waals surface area contributed by atoms with Gasteiger partial charge in [0.15, 0.2) is 0 Å². The van der Waals surface area contributed by atoms with E-state index in [0.717, 1.165) is 5.56 Å². The standard InChI is InChI=1S/C17H18FNO2/c18-16-8-6-15(7-9-16)17(21)19(12-13-20)11-10-14-4-2-1-3-5-14/h1-9,20H,10-13H2. The number of carbonyl (C=O) groups is 1. The van der Waals surface area contributed by atoms with Crippen LogP contribution in [-0.2, 0) is 6.42 Å². The van der Waals surface area contributed by atoms with Crippen LogP contribution in [0.4, 0.5) is 4.39 Å². The number of hydrogen-bond acceptors (Lipinski definition) is 2. The topological polar surface area (TPSA) is 40.5 Å². The number of carbonyl (C=O) groups excluding carboxylic acids is 1. The lowest BCUT2D eigenvalue weighted by molar-refractivity contribution is 0.0724. The largest absolute Gasteiger partial charge is 0.395 e. The van der Waals surface area contributed by atoms with Crippen molar-refractivity contribution in [2.24, 2.45) is 0 Å². The molecular formula is C17H18FNO2. The van der Waals surface area contributed by atoms with Crippen LogP contribution in [0.2, 0.25) is 0 Å². The smallest absolute Gasteiger partial charge is 0.253 e. The molecule has 1 amide bonds. The quantitative estimate of drug-likeness (QED) is 0.887. The summed E-state index contributed by atoms with van der Waals surface area (Å²) in [5.74, 6) is -0.565. The highest BCUT2D eigenvalue weighted by atomic mass is 19.1. The van der Waals surface area contributed by atoms with Gasteiger partial charge in [-0.1, -0.05) is 30.3 Å². The first-order valence-electron chi connectivity index (χ1n) is 6.90. The summed E-state index contributed by atoms with van der Waals surface area (Å²) >= 11 is 0. The van der Waals surface area contributed by atoms with Crippen molar-refractivity contribution in [1.82, 2.24) is 4.90 Å². The average molecular weight is 287 g/mol. The molecule has 0 saturated carbocycles. The summed E-state index contributed by atoms with van der Waals surface area (Å²) in [5.41, 5.74) is 1.56. The third-order valence-corrected chi connectivity index (χ3v) is 3.26. The number of nitrogens with zero attached hydrogens (tertiary/aromatic N) is 1. The highest BCUT2D eigenvalue weighted by Gasteiger charge is 2.15. The Morgan fingerprint density at radius 2 is 1.67 bits per heavy atom. The summed E-state index contributed by atoms with van der Waals surface area (Å²) in [6, 6.07) is 15.3. The first kappa shape index (κ1) is 15.2. The van der Waals surface area contributed by atoms with E-state index in [1.54, 1.807) is 4.90 Å². The molecule has 0 aliphatic rings. The monoisotopic (exact) mass is 287 g/mol. The van der Waals surface area contributed by atoms with Gasteiger partial charge in [-0.3, -0.25) is 4.79 Å². The van der Waals surface area contributed by atoms with Crippen LogP contribution in [0.25, 0.3) is 0 Å². The van der Waals surface area contributed by atoms with E-state index in [4.69, 9.17) is 5.11 Å². The molecule has 21 heavy (non-hydrogen) atoms. The molecule has 2 rings (SSSR count). The Kier molecular flexibility index (Phi) is 5.46. The van der Waals surface area contributed by atoms with Crippen LogP contribution in [0.5, 0.6) is 0 Å². The van der Waals surface area contributed by atoms with Gasteiger partial charge in [0.05, 0.1) is 6.61 Å². The van der Waals surface area contributed by atoms with Crippen molar-refractivity contribution in [3.05, 3.63) is 71.5 Å². The van der Waals surface area contributed by atoms with Crippen LogP contribution >= 0.6 is 0 Å². The van der Waals surface area contributed by atoms with E-state index < -0.39 is 0 Å². The van der Waals surface area contributed by atoms with E-state index in [9.17, 15) is 9.18 Å². The van der Waals surface area contributed by atoms with Crippen molar-refractivity contribution in [2.45, 2.75) is 6.42 Å². The molecule has 0 fully saturated rings. The van der Waals surface area contributed by atoms with Gasteiger partial charge in [-0.25, -0.2) is 4.39 Å². The maximum atomic E-state index is 12.9. The molecule has 0 unspecified atom stereocenters. The van der Waals surface area contributed by atoms with Gasteiger partial charge in [-0.15, -0.1) is 0 Å². The number of aliphatic hydroxyl groups is 1. The fourth-order valence-corrected chi connectivity index (χ4v) is 2.12. The van der Waals surface area contributed by atoms with Crippen LogP contribution < -0.4 is 0 Å². The van der Waals surface area contributed by atoms with E-state index in [-0.39, 0.29) is 24.9 Å². The fourth-order valence-electron chi connectivity index (χ4n) is 2.12. The van der Waals surface area contributed by atoms with Crippen LogP contribution in [0.1, 0.15) is 15.9 Å². The molecule has 0 aliphatic carbocycles. The molecule has 110 valence electrons. The summed E-state index contributed by atoms with van der Waals surface area (Å²) in [6.07, 6.45) is 0.716. The van der Waals surface area contributed by atoms with Crippen LogP contribution in [0, 0.1) is 5.82 Å². The first-order chi connectivity index (χ1) is 10.2. The van der Waals surface area contributed by atoms with Gasteiger partial charge in [0.1, 0.15) is 5.82 Å². The van der Waals surface area contributed by atoms with Crippen molar-refractivity contribution in [3.63, 3.8) is 0 Å².